The molecule has 1 aromatic rings. The van der Waals surface area contributed by atoms with Gasteiger partial charge in [0.25, 0.3) is 0 Å². The van der Waals surface area contributed by atoms with E-state index >= 15 is 0 Å². The number of nitrogens with two attached hydrogens (primary N) is 1. The monoisotopic (exact) mass is 124 g/mol. The topological polar surface area (TPSA) is 42.8 Å². The Morgan fingerprint density at radius 1 is 1.56 bits per heavy atom. The maximum absolute atomic E-state index is 5.44. The van der Waals surface area contributed by atoms with Gasteiger partial charge in [0.1, 0.15) is 5.69 Å². The molecular weight excluding hydrogens is 114 g/mol. The summed E-state index contributed by atoms with van der Waals surface area (Å²) in [6.07, 6.45) is 1.60. The highest BCUT2D eigenvalue weighted by Crippen LogP contribution is 1.88. The van der Waals surface area contributed by atoms with Crippen molar-refractivity contribution in [3.63, 3.8) is 0 Å². The molecule has 0 unspecified atom stereocenters. The third kappa shape index (κ3) is 1.16. The molecule has 3 heteroatoms. The van der Waals surface area contributed by atoms with Crippen LogP contribution in [0.3, 0.4) is 0 Å². The van der Waals surface area contributed by atoms with Crippen LogP contribution in [0, 0.1) is 13.8 Å². The fraction of sp³-hybridized carbons (Fsp3) is 0.333. The van der Waals surface area contributed by atoms with Gasteiger partial charge in [-0.1, -0.05) is 4.98 Å². The number of nitrogen functional groups attached to an aromatic ring is 1. The summed E-state index contributed by atoms with van der Waals surface area (Å²) < 4.78 is 1.49. The van der Waals surface area contributed by atoms with Gasteiger partial charge in [-0.3, -0.25) is 5.84 Å². The second-order valence-corrected chi connectivity index (χ2v) is 2.08. The highest BCUT2D eigenvalue weighted by molar-refractivity contribution is 4.99. The molecule has 9 heavy (non-hydrogen) atoms. The Morgan fingerprint density at radius 3 is 2.67 bits per heavy atom. The number of aromatic nitrogens is 2. The third-order valence-corrected chi connectivity index (χ3v) is 1.21. The minimum Gasteiger partial charge on any atom is -0.269 e. The van der Waals surface area contributed by atoms with Gasteiger partial charge in [0.05, 0.1) is 0 Å². The molecule has 0 radical (unpaired) electrons. The fourth-order valence-corrected chi connectivity index (χ4v) is 0.658. The normalized spacial score (nSPS) is 9.56. The minimum atomic E-state index is 0.995. The largest absolute Gasteiger partial charge is 0.309 e. The maximum Gasteiger partial charge on any atom is 0.309 e. The third-order valence-electron chi connectivity index (χ3n) is 1.21. The fourth-order valence-electron chi connectivity index (χ4n) is 0.658. The Labute approximate surface area is 54.1 Å². The molecule has 1 heterocycles. The highest BCUT2D eigenvalue weighted by Gasteiger charge is 1.98. The molecule has 0 fully saturated rings. The van der Waals surface area contributed by atoms with Gasteiger partial charge in [0.15, 0.2) is 5.69 Å². The molecule has 0 aliphatic carbocycles. The van der Waals surface area contributed by atoms with Crippen molar-refractivity contribution in [1.29, 1.82) is 0 Å². The first-order valence-electron chi connectivity index (χ1n) is 2.80. The van der Waals surface area contributed by atoms with Crippen LogP contribution in [0.1, 0.15) is 11.4 Å². The van der Waals surface area contributed by atoms with Gasteiger partial charge in [-0.2, -0.15) is 0 Å². The molecule has 1 rings (SSSR count). The second-order valence-electron chi connectivity index (χ2n) is 2.08. The Kier molecular flexibility index (Phi) is 1.34. The molecule has 1 aromatic heterocycles. The van der Waals surface area contributed by atoms with Crippen LogP contribution >= 0.6 is 0 Å². The lowest BCUT2D eigenvalue weighted by Gasteiger charge is -1.91. The molecule has 48 valence electrons. The van der Waals surface area contributed by atoms with Crippen LogP contribution in [0.2, 0.25) is 0 Å². The molecule has 0 atom stereocenters. The van der Waals surface area contributed by atoms with Crippen molar-refractivity contribution >= 4 is 0 Å². The first-order valence-corrected chi connectivity index (χ1v) is 2.80. The molecule has 0 saturated carbocycles. The van der Waals surface area contributed by atoms with E-state index in [-0.39, 0.29) is 0 Å². The molecule has 3 nitrogen and oxygen atoms in total. The summed E-state index contributed by atoms with van der Waals surface area (Å²) in [5, 5.41) is 0. The van der Waals surface area contributed by atoms with Crippen molar-refractivity contribution in [2.24, 2.45) is 0 Å². The van der Waals surface area contributed by atoms with Crippen LogP contribution in [0.4, 0.5) is 0 Å². The molecule has 0 amide bonds. The second kappa shape index (κ2) is 2.01. The first-order chi connectivity index (χ1) is 4.20. The van der Waals surface area contributed by atoms with E-state index in [0.29, 0.717) is 0 Å². The summed E-state index contributed by atoms with van der Waals surface area (Å²) in [4.78, 5) is 3.98. The summed E-state index contributed by atoms with van der Waals surface area (Å²) >= 11 is 0. The minimum absolute atomic E-state index is 0.995. The van der Waals surface area contributed by atoms with Gasteiger partial charge >= 0.3 is 6.33 Å². The first kappa shape index (κ1) is 6.01. The zero-order valence-electron chi connectivity index (χ0n) is 5.63. The van der Waals surface area contributed by atoms with Crippen molar-refractivity contribution < 1.29 is 4.68 Å². The molecule has 0 bridgehead atoms. The molecule has 2 N–H and O–H groups in total. The number of hydrogen-bond acceptors (Lipinski definition) is 2. The zero-order valence-corrected chi connectivity index (χ0v) is 5.63. The zero-order chi connectivity index (χ0) is 6.85. The average Bonchev–Trinajstić information content (AvgIpc) is 1.80. The van der Waals surface area contributed by atoms with E-state index in [1.54, 1.807) is 6.33 Å². The van der Waals surface area contributed by atoms with E-state index in [9.17, 15) is 0 Å². The van der Waals surface area contributed by atoms with Crippen LogP contribution in [0.25, 0.3) is 0 Å². The number of rotatable bonds is 0. The molecular formula is C6H10N3+. The number of nitrogens with zero attached hydrogens (tertiary/aromatic N) is 2. The van der Waals surface area contributed by atoms with E-state index in [2.05, 4.69) is 4.98 Å². The lowest BCUT2D eigenvalue weighted by molar-refractivity contribution is -0.648. The van der Waals surface area contributed by atoms with Crippen molar-refractivity contribution in [1.82, 2.24) is 4.98 Å². The van der Waals surface area contributed by atoms with Crippen molar-refractivity contribution in [3.8, 4) is 0 Å². The Bertz CT molecular complexity index is 220. The predicted octanol–water partition coefficient (Wildman–Crippen LogP) is -0.300. The quantitative estimate of drug-likeness (QED) is 0.381. The summed E-state index contributed by atoms with van der Waals surface area (Å²) in [6.45, 7) is 3.88. The van der Waals surface area contributed by atoms with Gasteiger partial charge in [0, 0.05) is 19.9 Å². The Balaban J connectivity index is 3.17. The summed E-state index contributed by atoms with van der Waals surface area (Å²) in [6, 6.07) is 1.93. The van der Waals surface area contributed by atoms with Crippen LogP contribution in [-0.4, -0.2) is 4.98 Å². The van der Waals surface area contributed by atoms with Gasteiger partial charge in [0.2, 0.25) is 0 Å². The van der Waals surface area contributed by atoms with Crippen molar-refractivity contribution in [2.45, 2.75) is 13.8 Å². The van der Waals surface area contributed by atoms with E-state index in [1.165, 1.54) is 4.68 Å². The smallest absolute Gasteiger partial charge is 0.269 e. The molecule has 0 saturated heterocycles. The summed E-state index contributed by atoms with van der Waals surface area (Å²) in [5.74, 6) is 5.44. The van der Waals surface area contributed by atoms with E-state index in [4.69, 9.17) is 5.84 Å². The van der Waals surface area contributed by atoms with Gasteiger partial charge in [-0.05, 0) is 0 Å². The number of aryl methyl sites for hydroxylation is 2. The van der Waals surface area contributed by atoms with Gasteiger partial charge in [-0.15, -0.1) is 4.68 Å². The maximum atomic E-state index is 5.44. The lowest BCUT2D eigenvalue weighted by Crippen LogP contribution is -2.47. The van der Waals surface area contributed by atoms with Crippen LogP contribution in [0.5, 0.6) is 0 Å². The van der Waals surface area contributed by atoms with E-state index < -0.39 is 0 Å². The highest BCUT2D eigenvalue weighted by atomic mass is 15.3. The van der Waals surface area contributed by atoms with Crippen LogP contribution < -0.4 is 10.5 Å². The SMILES string of the molecule is Cc1cc(C)[n+](N)cn1. The van der Waals surface area contributed by atoms with Crippen LogP contribution in [0.15, 0.2) is 12.4 Å². The summed E-state index contributed by atoms with van der Waals surface area (Å²) in [5.41, 5.74) is 2.01. The van der Waals surface area contributed by atoms with Crippen molar-refractivity contribution in [3.05, 3.63) is 23.8 Å². The lowest BCUT2D eigenvalue weighted by atomic mass is 10.4. The average molecular weight is 124 g/mol. The van der Waals surface area contributed by atoms with Gasteiger partial charge < -0.3 is 0 Å². The molecule has 0 aliphatic rings. The molecule has 0 aliphatic heterocycles. The number of hydrogen-bond donors (Lipinski definition) is 1. The molecule has 0 spiro atoms. The van der Waals surface area contributed by atoms with Crippen LogP contribution in [-0.2, 0) is 0 Å². The Hall–Kier alpha value is -1.12. The molecule has 0 aromatic carbocycles. The predicted molar refractivity (Wildman–Crippen MR) is 34.1 cm³/mol. The summed E-state index contributed by atoms with van der Waals surface area (Å²) in [7, 11) is 0. The van der Waals surface area contributed by atoms with Gasteiger partial charge in [-0.25, -0.2) is 0 Å². The van der Waals surface area contributed by atoms with E-state index in [1.807, 2.05) is 19.9 Å². The standard InChI is InChI=1S/C6H10N3/c1-5-3-6(2)9(7)4-8-5/h3-4H,7H2,1-2H3/q+1. The van der Waals surface area contributed by atoms with E-state index in [0.717, 1.165) is 11.4 Å². The van der Waals surface area contributed by atoms with Crippen molar-refractivity contribution in [2.75, 3.05) is 5.84 Å². The Morgan fingerprint density at radius 2 is 2.22 bits per heavy atom.